The molecule has 3 rings (SSSR count). The van der Waals surface area contributed by atoms with Crippen molar-refractivity contribution in [1.29, 1.82) is 0 Å². The number of Topliss-reactive ketones (excluding diaryl/α,β-unsaturated/α-hetero) is 3. The summed E-state index contributed by atoms with van der Waals surface area (Å²) < 4.78 is 0. The maximum atomic E-state index is 12.5. The minimum Gasteiger partial charge on any atom is -0.300 e. The highest BCUT2D eigenvalue weighted by Gasteiger charge is 2.53. The van der Waals surface area contributed by atoms with Crippen LogP contribution < -0.4 is 0 Å². The summed E-state index contributed by atoms with van der Waals surface area (Å²) in [4.78, 5) is 36.2. The fourth-order valence-electron chi connectivity index (χ4n) is 5.49. The summed E-state index contributed by atoms with van der Waals surface area (Å²) in [6.45, 7) is 7.70. The third kappa shape index (κ3) is 3.06. The Labute approximate surface area is 156 Å². The lowest BCUT2D eigenvalue weighted by molar-refractivity contribution is -0.134. The van der Waals surface area contributed by atoms with E-state index in [1.165, 1.54) is 18.1 Å². The molecule has 0 aromatic heterocycles. The quantitative estimate of drug-likeness (QED) is 0.711. The molecule has 1 fully saturated rings. The molecule has 3 nitrogen and oxygen atoms in total. The Morgan fingerprint density at radius 2 is 1.81 bits per heavy atom. The van der Waals surface area contributed by atoms with Gasteiger partial charge in [-0.2, -0.15) is 0 Å². The number of fused-ring (bicyclic) bond motifs is 3. The van der Waals surface area contributed by atoms with Crippen LogP contribution in [-0.2, 0) is 21.4 Å². The Morgan fingerprint density at radius 1 is 1.08 bits per heavy atom. The van der Waals surface area contributed by atoms with Crippen LogP contribution in [0.2, 0.25) is 0 Å². The molecular weight excluding hydrogens is 324 g/mol. The van der Waals surface area contributed by atoms with Gasteiger partial charge in [0.2, 0.25) is 0 Å². The molecule has 0 spiro atoms. The second kappa shape index (κ2) is 6.75. The van der Waals surface area contributed by atoms with Gasteiger partial charge in [-0.05, 0) is 68.1 Å². The maximum Gasteiger partial charge on any atom is 0.163 e. The highest BCUT2D eigenvalue weighted by Crippen LogP contribution is 2.57. The van der Waals surface area contributed by atoms with Crippen LogP contribution in [0.4, 0.5) is 0 Å². The summed E-state index contributed by atoms with van der Waals surface area (Å²) in [6.07, 6.45) is 5.67. The van der Waals surface area contributed by atoms with Crippen molar-refractivity contribution in [3.63, 3.8) is 0 Å². The third-order valence-electron chi connectivity index (χ3n) is 7.19. The first-order chi connectivity index (χ1) is 12.2. The molecule has 3 heteroatoms. The summed E-state index contributed by atoms with van der Waals surface area (Å²) in [7, 11) is 0. The van der Waals surface area contributed by atoms with Gasteiger partial charge in [-0.3, -0.25) is 9.59 Å². The van der Waals surface area contributed by atoms with E-state index in [0.717, 1.165) is 32.1 Å². The van der Waals surface area contributed by atoms with Crippen molar-refractivity contribution < 1.29 is 14.4 Å². The number of hydrogen-bond acceptors (Lipinski definition) is 3. The molecule has 1 aromatic rings. The van der Waals surface area contributed by atoms with E-state index >= 15 is 0 Å². The Bertz CT molecular complexity index is 763. The van der Waals surface area contributed by atoms with Crippen molar-refractivity contribution in [2.24, 2.45) is 11.3 Å². The smallest absolute Gasteiger partial charge is 0.163 e. The summed E-state index contributed by atoms with van der Waals surface area (Å²) >= 11 is 0. The van der Waals surface area contributed by atoms with Gasteiger partial charge in [-0.1, -0.05) is 32.4 Å². The average molecular weight is 354 g/mol. The minimum atomic E-state index is -0.265. The fraction of sp³-hybridized carbons (Fsp3) is 0.609. The Hall–Kier alpha value is -1.77. The molecular formula is C23H30O3. The topological polar surface area (TPSA) is 51.2 Å². The number of hydrogen-bond donors (Lipinski definition) is 0. The second-order valence-electron chi connectivity index (χ2n) is 8.83. The van der Waals surface area contributed by atoms with Gasteiger partial charge >= 0.3 is 0 Å². The third-order valence-corrected chi connectivity index (χ3v) is 7.19. The predicted octanol–water partition coefficient (Wildman–Crippen LogP) is 4.84. The molecule has 3 atom stereocenters. The zero-order valence-electron chi connectivity index (χ0n) is 16.5. The van der Waals surface area contributed by atoms with E-state index in [1.807, 2.05) is 6.07 Å². The van der Waals surface area contributed by atoms with E-state index < -0.39 is 0 Å². The monoisotopic (exact) mass is 354 g/mol. The van der Waals surface area contributed by atoms with Crippen molar-refractivity contribution in [3.05, 3.63) is 34.9 Å². The van der Waals surface area contributed by atoms with Crippen LogP contribution >= 0.6 is 0 Å². The maximum absolute atomic E-state index is 12.5. The molecule has 0 heterocycles. The van der Waals surface area contributed by atoms with Gasteiger partial charge < -0.3 is 4.79 Å². The fourth-order valence-corrected chi connectivity index (χ4v) is 5.49. The molecule has 3 unspecified atom stereocenters. The first-order valence-corrected chi connectivity index (χ1v) is 9.85. The van der Waals surface area contributed by atoms with E-state index in [0.29, 0.717) is 23.7 Å². The molecule has 140 valence electrons. The van der Waals surface area contributed by atoms with E-state index in [9.17, 15) is 14.4 Å². The van der Waals surface area contributed by atoms with Crippen molar-refractivity contribution in [3.8, 4) is 0 Å². The van der Waals surface area contributed by atoms with Crippen LogP contribution in [0.1, 0.15) is 87.7 Å². The average Bonchev–Trinajstić information content (AvgIpc) is 2.59. The number of carbonyl (C=O) groups excluding carboxylic acids is 3. The molecule has 0 bridgehead atoms. The lowest BCUT2D eigenvalue weighted by Gasteiger charge is -2.54. The molecule has 2 aliphatic rings. The minimum absolute atomic E-state index is 0.0406. The van der Waals surface area contributed by atoms with Gasteiger partial charge in [0.25, 0.3) is 0 Å². The molecule has 26 heavy (non-hydrogen) atoms. The summed E-state index contributed by atoms with van der Waals surface area (Å²) in [5, 5.41) is 0. The molecule has 2 aliphatic carbocycles. The van der Waals surface area contributed by atoms with Crippen LogP contribution in [-0.4, -0.2) is 17.3 Å². The number of benzene rings is 1. The van der Waals surface area contributed by atoms with Crippen molar-refractivity contribution >= 4 is 17.3 Å². The van der Waals surface area contributed by atoms with Crippen LogP contribution in [0.25, 0.3) is 0 Å². The molecule has 1 saturated carbocycles. The molecule has 0 aliphatic heterocycles. The summed E-state index contributed by atoms with van der Waals surface area (Å²) in [6, 6.07) is 6.07. The van der Waals surface area contributed by atoms with Crippen LogP contribution in [0.15, 0.2) is 18.2 Å². The largest absolute Gasteiger partial charge is 0.300 e. The van der Waals surface area contributed by atoms with Gasteiger partial charge in [0.15, 0.2) is 5.78 Å². The number of ketones is 3. The highest BCUT2D eigenvalue weighted by molar-refractivity contribution is 5.98. The summed E-state index contributed by atoms with van der Waals surface area (Å²) in [5.74, 6) is 0.716. The second-order valence-corrected chi connectivity index (χ2v) is 8.83. The Balaban J connectivity index is 1.99. The number of carbonyl (C=O) groups is 3. The normalized spacial score (nSPS) is 30.2. The van der Waals surface area contributed by atoms with Crippen molar-refractivity contribution in [2.45, 2.75) is 78.1 Å². The van der Waals surface area contributed by atoms with Crippen LogP contribution in [0.5, 0.6) is 0 Å². The highest BCUT2D eigenvalue weighted by atomic mass is 16.1. The zero-order valence-corrected chi connectivity index (χ0v) is 16.5. The lowest BCUT2D eigenvalue weighted by atomic mass is 9.49. The first-order valence-electron chi connectivity index (χ1n) is 9.85. The van der Waals surface area contributed by atoms with Crippen molar-refractivity contribution in [2.75, 3.05) is 0 Å². The standard InChI is InChI=1S/C23H30O3/c1-15(24)6-10-20(26)18-8-7-17-9-11-21-22(3,16(2)25)12-5-13-23(21,4)19(17)14-18/h7-8,14,21H,5-6,9-13H2,1-4H3. The first kappa shape index (κ1) is 19.0. The lowest BCUT2D eigenvalue weighted by Crippen LogP contribution is -2.51. The Morgan fingerprint density at radius 3 is 2.46 bits per heavy atom. The van der Waals surface area contributed by atoms with Crippen LogP contribution in [0, 0.1) is 11.3 Å². The SMILES string of the molecule is CC(=O)CCC(=O)c1ccc2c(c1)C1(C)CCCC(C)(C(C)=O)C1CC2. The van der Waals surface area contributed by atoms with E-state index in [4.69, 9.17) is 0 Å². The molecule has 0 amide bonds. The number of aryl methyl sites for hydroxylation is 1. The predicted molar refractivity (Wildman–Crippen MR) is 102 cm³/mol. The van der Waals surface area contributed by atoms with E-state index in [1.54, 1.807) is 6.92 Å². The van der Waals surface area contributed by atoms with Gasteiger partial charge in [-0.15, -0.1) is 0 Å². The van der Waals surface area contributed by atoms with E-state index in [2.05, 4.69) is 26.0 Å². The summed E-state index contributed by atoms with van der Waals surface area (Å²) in [5.41, 5.74) is 2.97. The van der Waals surface area contributed by atoms with Gasteiger partial charge in [-0.25, -0.2) is 0 Å². The van der Waals surface area contributed by atoms with Crippen molar-refractivity contribution in [1.82, 2.24) is 0 Å². The Kier molecular flexibility index (Phi) is 4.94. The molecule has 0 saturated heterocycles. The van der Waals surface area contributed by atoms with Gasteiger partial charge in [0.1, 0.15) is 11.6 Å². The zero-order chi connectivity index (χ0) is 19.1. The van der Waals surface area contributed by atoms with Gasteiger partial charge in [0.05, 0.1) is 0 Å². The number of rotatable bonds is 5. The molecule has 0 radical (unpaired) electrons. The molecule has 1 aromatic carbocycles. The molecule has 0 N–H and O–H groups in total. The van der Waals surface area contributed by atoms with E-state index in [-0.39, 0.29) is 28.8 Å². The van der Waals surface area contributed by atoms with Crippen LogP contribution in [0.3, 0.4) is 0 Å². The van der Waals surface area contributed by atoms with Gasteiger partial charge in [0, 0.05) is 23.8 Å².